The Morgan fingerprint density at radius 2 is 0.567 bits per heavy atom. The van der Waals surface area contributed by atoms with Crippen LogP contribution >= 0.6 is 0 Å². The van der Waals surface area contributed by atoms with Crippen molar-refractivity contribution in [3.63, 3.8) is 0 Å². The molecule has 0 bridgehead atoms. The van der Waals surface area contributed by atoms with Crippen LogP contribution < -0.4 is 0 Å². The summed E-state index contributed by atoms with van der Waals surface area (Å²) in [6, 6.07) is 81.1. The fourth-order valence-electron chi connectivity index (χ4n) is 12.3. The van der Waals surface area contributed by atoms with E-state index in [1.807, 2.05) is 0 Å². The van der Waals surface area contributed by atoms with E-state index in [1.54, 1.807) is 0 Å². The molecule has 0 saturated carbocycles. The molecular formula is C63H42N4. The maximum Gasteiger partial charge on any atom is 0.0562 e. The molecule has 4 nitrogen and oxygen atoms in total. The zero-order chi connectivity index (χ0) is 44.1. The van der Waals surface area contributed by atoms with Gasteiger partial charge in [-0.3, -0.25) is 0 Å². The van der Waals surface area contributed by atoms with Gasteiger partial charge in [-0.05, 0) is 107 Å². The number of hydrogen-bond acceptors (Lipinski definition) is 0. The first-order valence-electron chi connectivity index (χ1n) is 23.4. The molecule has 0 radical (unpaired) electrons. The van der Waals surface area contributed by atoms with Crippen LogP contribution in [-0.4, -0.2) is 18.3 Å². The van der Waals surface area contributed by atoms with E-state index < -0.39 is 0 Å². The normalized spacial score (nSPS) is 13.3. The first-order valence-corrected chi connectivity index (χ1v) is 23.4. The van der Waals surface area contributed by atoms with Gasteiger partial charge in [0.1, 0.15) is 0 Å². The molecule has 67 heavy (non-hydrogen) atoms. The molecule has 0 amide bonds. The summed E-state index contributed by atoms with van der Waals surface area (Å²) >= 11 is 0. The molecule has 0 atom stereocenters. The van der Waals surface area contributed by atoms with Gasteiger partial charge < -0.3 is 18.3 Å². The van der Waals surface area contributed by atoms with Crippen molar-refractivity contribution in [1.29, 1.82) is 0 Å². The second-order valence-corrected chi connectivity index (χ2v) is 18.9. The number of para-hydroxylation sites is 6. The van der Waals surface area contributed by atoms with Crippen molar-refractivity contribution in [2.24, 2.45) is 0 Å². The van der Waals surface area contributed by atoms with Crippen LogP contribution in [0.15, 0.2) is 218 Å². The molecule has 0 aliphatic heterocycles. The van der Waals surface area contributed by atoms with Gasteiger partial charge in [-0.15, -0.1) is 0 Å². The number of aromatic nitrogens is 4. The Hall–Kier alpha value is -8.60. The molecule has 0 N–H and O–H groups in total. The van der Waals surface area contributed by atoms with Gasteiger partial charge in [-0.25, -0.2) is 0 Å². The minimum absolute atomic E-state index is 0.170. The van der Waals surface area contributed by atoms with Gasteiger partial charge in [-0.1, -0.05) is 147 Å². The summed E-state index contributed by atoms with van der Waals surface area (Å²) in [5, 5.41) is 10.0. The molecule has 314 valence electrons. The predicted molar refractivity (Wildman–Crippen MR) is 281 cm³/mol. The zero-order valence-electron chi connectivity index (χ0n) is 37.1. The quantitative estimate of drug-likeness (QED) is 0.168. The van der Waals surface area contributed by atoms with Crippen molar-refractivity contribution >= 4 is 87.2 Å². The topological polar surface area (TPSA) is 19.7 Å². The van der Waals surface area contributed by atoms with Gasteiger partial charge >= 0.3 is 0 Å². The number of nitrogens with zero attached hydrogens (tertiary/aromatic N) is 4. The van der Waals surface area contributed by atoms with E-state index in [9.17, 15) is 0 Å². The van der Waals surface area contributed by atoms with Crippen molar-refractivity contribution in [3.05, 3.63) is 230 Å². The Labute approximate surface area is 386 Å². The summed E-state index contributed by atoms with van der Waals surface area (Å²) < 4.78 is 9.90. The van der Waals surface area contributed by atoms with Crippen LogP contribution in [-0.2, 0) is 5.41 Å². The van der Waals surface area contributed by atoms with E-state index in [2.05, 4.69) is 251 Å². The largest absolute Gasteiger partial charge is 0.309 e. The third kappa shape index (κ3) is 4.81. The summed E-state index contributed by atoms with van der Waals surface area (Å²) in [5.74, 6) is 0. The third-order valence-corrected chi connectivity index (χ3v) is 15.2. The van der Waals surface area contributed by atoms with E-state index in [0.29, 0.717) is 0 Å². The van der Waals surface area contributed by atoms with Crippen LogP contribution in [0.3, 0.4) is 0 Å². The average molecular weight is 855 g/mol. The molecule has 4 aromatic heterocycles. The molecule has 1 aliphatic carbocycles. The molecule has 4 heteroatoms. The van der Waals surface area contributed by atoms with Gasteiger partial charge in [0.2, 0.25) is 0 Å². The molecular weight excluding hydrogens is 813 g/mol. The molecule has 0 spiro atoms. The standard InChI is InChI=1S/C63H42N4/c1-63(2)49-35-33-39(64-55-27-13-7-21-45(55)61-57(64)29-15-31-59(61)66-51-23-9-3-17-41(51)42-18-4-10-24-52(42)66)37-47(49)48-38-40(34-36-50(48)63)65-56-28-14-8-22-46(56)62-58(65)30-16-32-60(62)67-53-25-11-5-19-43(53)44-20-6-12-26-54(44)67/h3-38H,1-2H3. The molecule has 14 aromatic rings. The highest BCUT2D eigenvalue weighted by molar-refractivity contribution is 6.18. The lowest BCUT2D eigenvalue weighted by molar-refractivity contribution is 0.660. The molecule has 4 heterocycles. The van der Waals surface area contributed by atoms with Gasteiger partial charge in [0.25, 0.3) is 0 Å². The highest BCUT2D eigenvalue weighted by Gasteiger charge is 2.36. The lowest BCUT2D eigenvalue weighted by atomic mass is 9.82. The summed E-state index contributed by atoms with van der Waals surface area (Å²) in [6.07, 6.45) is 0. The van der Waals surface area contributed by atoms with E-state index in [4.69, 9.17) is 0 Å². The van der Waals surface area contributed by atoms with Crippen LogP contribution in [0.1, 0.15) is 25.0 Å². The number of hydrogen-bond donors (Lipinski definition) is 0. The van der Waals surface area contributed by atoms with E-state index >= 15 is 0 Å². The maximum atomic E-state index is 2.49. The predicted octanol–water partition coefficient (Wildman–Crippen LogP) is 16.4. The van der Waals surface area contributed by atoms with Crippen LogP contribution in [0.4, 0.5) is 0 Å². The van der Waals surface area contributed by atoms with Crippen molar-refractivity contribution in [2.45, 2.75) is 19.3 Å². The van der Waals surface area contributed by atoms with E-state index in [-0.39, 0.29) is 5.41 Å². The van der Waals surface area contributed by atoms with Crippen molar-refractivity contribution in [1.82, 2.24) is 18.3 Å². The Balaban J connectivity index is 0.943. The lowest BCUT2D eigenvalue weighted by Crippen LogP contribution is -2.15. The van der Waals surface area contributed by atoms with Crippen molar-refractivity contribution < 1.29 is 0 Å². The Bertz CT molecular complexity index is 4040. The summed E-state index contributed by atoms with van der Waals surface area (Å²) in [6.45, 7) is 4.77. The zero-order valence-corrected chi connectivity index (χ0v) is 37.1. The summed E-state index contributed by atoms with van der Waals surface area (Å²) in [4.78, 5) is 0. The first kappa shape index (κ1) is 36.7. The van der Waals surface area contributed by atoms with Gasteiger partial charge in [0, 0.05) is 59.9 Å². The minimum atomic E-state index is -0.170. The van der Waals surface area contributed by atoms with Crippen molar-refractivity contribution in [2.75, 3.05) is 0 Å². The van der Waals surface area contributed by atoms with Crippen LogP contribution in [0.5, 0.6) is 0 Å². The molecule has 0 fully saturated rings. The van der Waals surface area contributed by atoms with Gasteiger partial charge in [0.05, 0.1) is 55.5 Å². The third-order valence-electron chi connectivity index (χ3n) is 15.2. The maximum absolute atomic E-state index is 2.49. The monoisotopic (exact) mass is 854 g/mol. The average Bonchev–Trinajstić information content (AvgIpc) is 4.15. The molecule has 1 aliphatic rings. The number of fused-ring (bicyclic) bond motifs is 15. The SMILES string of the molecule is CC1(C)c2ccc(-n3c4ccccc4c4c(-n5c6ccccc6c6ccccc65)cccc43)cc2-c2cc(-n3c4ccccc4c4c(-n5c6ccccc6c6ccccc65)cccc43)ccc21. The Morgan fingerprint density at radius 1 is 0.269 bits per heavy atom. The fraction of sp³-hybridized carbons (Fsp3) is 0.0476. The number of benzene rings is 10. The minimum Gasteiger partial charge on any atom is -0.309 e. The van der Waals surface area contributed by atoms with Crippen LogP contribution in [0, 0.1) is 0 Å². The van der Waals surface area contributed by atoms with E-state index in [1.165, 1.54) is 121 Å². The van der Waals surface area contributed by atoms with E-state index in [0.717, 1.165) is 11.4 Å². The second-order valence-electron chi connectivity index (χ2n) is 18.9. The Kier molecular flexibility index (Phi) is 7.26. The lowest BCUT2D eigenvalue weighted by Gasteiger charge is -2.22. The molecule has 0 saturated heterocycles. The fourth-order valence-corrected chi connectivity index (χ4v) is 12.3. The van der Waals surface area contributed by atoms with Crippen molar-refractivity contribution in [3.8, 4) is 33.9 Å². The smallest absolute Gasteiger partial charge is 0.0562 e. The summed E-state index contributed by atoms with van der Waals surface area (Å²) in [7, 11) is 0. The molecule has 10 aromatic carbocycles. The van der Waals surface area contributed by atoms with Gasteiger partial charge in [-0.2, -0.15) is 0 Å². The van der Waals surface area contributed by atoms with Gasteiger partial charge in [0.15, 0.2) is 0 Å². The number of rotatable bonds is 4. The Morgan fingerprint density at radius 3 is 0.925 bits per heavy atom. The first-order chi connectivity index (χ1) is 33.0. The highest BCUT2D eigenvalue weighted by Crippen LogP contribution is 2.51. The van der Waals surface area contributed by atoms with Crippen LogP contribution in [0.2, 0.25) is 0 Å². The summed E-state index contributed by atoms with van der Waals surface area (Å²) in [5.41, 5.74) is 19.4. The van der Waals surface area contributed by atoms with Crippen LogP contribution in [0.25, 0.3) is 121 Å². The second kappa shape index (κ2) is 13.2. The molecule has 0 unspecified atom stereocenters. The molecule has 15 rings (SSSR count). The highest BCUT2D eigenvalue weighted by atomic mass is 15.0.